The predicted molar refractivity (Wildman–Crippen MR) is 52.4 cm³/mol. The van der Waals surface area contributed by atoms with Gasteiger partial charge in [-0.25, -0.2) is 0 Å². The molecule has 2 aromatic carbocycles. The predicted octanol–water partition coefficient (Wildman–Crippen LogP) is 0.461. The van der Waals surface area contributed by atoms with Crippen LogP contribution in [-0.4, -0.2) is 0 Å². The Labute approximate surface area is 102 Å². The Kier molecular flexibility index (Phi) is 12.1. The zero-order valence-corrected chi connectivity index (χ0v) is 10.2. The zero-order valence-electron chi connectivity index (χ0n) is 7.92. The van der Waals surface area contributed by atoms with Gasteiger partial charge in [-0.15, -0.1) is 29.7 Å². The van der Waals surface area contributed by atoms with E-state index in [2.05, 4.69) is 42.5 Å². The molecule has 0 heterocycles. The molecule has 0 fully saturated rings. The molecule has 0 aliphatic rings. The van der Waals surface area contributed by atoms with Crippen molar-refractivity contribution in [2.24, 2.45) is 0 Å². The first-order valence-electron chi connectivity index (χ1n) is 3.07. The molecule has 0 atom stereocenters. The summed E-state index contributed by atoms with van der Waals surface area (Å²) in [4.78, 5) is 0. The van der Waals surface area contributed by atoms with E-state index in [1.165, 1.54) is 10.8 Å². The molecular weight excluding hydrogens is 215 g/mol. The molecule has 2 heteroatoms. The van der Waals surface area contributed by atoms with Gasteiger partial charge in [-0.3, -0.25) is 0 Å². The maximum Gasteiger partial charge on any atom is 4.00 e. The molecule has 2 aromatic rings. The first-order valence-corrected chi connectivity index (χ1v) is 3.07. The molecule has 0 aliphatic heterocycles. The Hall–Kier alpha value is -0.166. The van der Waals surface area contributed by atoms with Crippen LogP contribution in [0.2, 0.25) is 0 Å². The van der Waals surface area contributed by atoms with E-state index in [1.54, 1.807) is 0 Å². The SMILES string of the molecule is [CH3-].[CH3-].[Cl-].[Ti+4].c1ccc2[cH-]ccc2c1. The number of halogens is 1. The van der Waals surface area contributed by atoms with Crippen LogP contribution in [0.25, 0.3) is 10.8 Å². The number of fused-ring (bicyclic) bond motifs is 1. The largest absolute Gasteiger partial charge is 4.00 e. The standard InChI is InChI=1S/C9H7.2CH3.ClH.Ti/c1-2-5-9-7-3-6-8(9)4-1;;;;/h1-7H;2*1H3;1H;/q3*-1;;+4/p-1. The molecule has 0 spiro atoms. The quantitative estimate of drug-likeness (QED) is 0.454. The molecule has 0 saturated carbocycles. The van der Waals surface area contributed by atoms with Gasteiger partial charge in [0.1, 0.15) is 0 Å². The smallest absolute Gasteiger partial charge is 1.00 e. The minimum absolute atomic E-state index is 0. The Balaban J connectivity index is -0.000000250. The normalized spacial score (nSPS) is 7.08. The summed E-state index contributed by atoms with van der Waals surface area (Å²) in [7, 11) is 0. The Morgan fingerprint density at radius 3 is 2.15 bits per heavy atom. The molecule has 0 aliphatic carbocycles. The molecule has 68 valence electrons. The molecule has 0 saturated heterocycles. The van der Waals surface area contributed by atoms with Crippen molar-refractivity contribution in [1.82, 2.24) is 0 Å². The van der Waals surface area contributed by atoms with Gasteiger partial charge in [0.05, 0.1) is 0 Å². The summed E-state index contributed by atoms with van der Waals surface area (Å²) in [5, 5.41) is 2.66. The first-order chi connectivity index (χ1) is 4.47. The second-order valence-corrected chi connectivity index (χ2v) is 2.15. The van der Waals surface area contributed by atoms with Crippen LogP contribution >= 0.6 is 0 Å². The van der Waals surface area contributed by atoms with Crippen LogP contribution in [0.3, 0.4) is 0 Å². The zero-order chi connectivity index (χ0) is 6.10. The first kappa shape index (κ1) is 18.6. The molecule has 0 unspecified atom stereocenters. The van der Waals surface area contributed by atoms with Gasteiger partial charge in [0, 0.05) is 0 Å². The van der Waals surface area contributed by atoms with Crippen molar-refractivity contribution >= 4 is 10.8 Å². The van der Waals surface area contributed by atoms with Crippen LogP contribution in [0.5, 0.6) is 0 Å². The second-order valence-electron chi connectivity index (χ2n) is 2.15. The van der Waals surface area contributed by atoms with Crippen molar-refractivity contribution in [3.8, 4) is 0 Å². The number of hydrogen-bond donors (Lipinski definition) is 0. The molecule has 0 nitrogen and oxygen atoms in total. The van der Waals surface area contributed by atoms with Gasteiger partial charge in [-0.1, -0.05) is 6.07 Å². The minimum atomic E-state index is 0. The molecule has 0 amide bonds. The van der Waals surface area contributed by atoms with Crippen LogP contribution in [0.4, 0.5) is 0 Å². The Morgan fingerprint density at radius 2 is 1.54 bits per heavy atom. The van der Waals surface area contributed by atoms with Crippen LogP contribution in [0, 0.1) is 14.9 Å². The molecule has 0 N–H and O–H groups in total. The molecule has 0 bridgehead atoms. The van der Waals surface area contributed by atoms with Crippen LogP contribution in [0.15, 0.2) is 42.5 Å². The summed E-state index contributed by atoms with van der Waals surface area (Å²) in [6.45, 7) is 0. The van der Waals surface area contributed by atoms with Crippen LogP contribution in [0.1, 0.15) is 0 Å². The van der Waals surface area contributed by atoms with Gasteiger partial charge in [0.15, 0.2) is 0 Å². The molecule has 13 heavy (non-hydrogen) atoms. The third kappa shape index (κ3) is 4.04. The van der Waals surface area contributed by atoms with Crippen molar-refractivity contribution in [2.75, 3.05) is 0 Å². The van der Waals surface area contributed by atoms with E-state index in [0.29, 0.717) is 0 Å². The summed E-state index contributed by atoms with van der Waals surface area (Å²) < 4.78 is 0. The fraction of sp³-hybridized carbons (Fsp3) is 0. The monoisotopic (exact) mass is 228 g/mol. The van der Waals surface area contributed by atoms with Crippen molar-refractivity contribution in [1.29, 1.82) is 0 Å². The van der Waals surface area contributed by atoms with Gasteiger partial charge in [-0.2, -0.15) is 17.5 Å². The van der Waals surface area contributed by atoms with Crippen LogP contribution < -0.4 is 12.4 Å². The van der Waals surface area contributed by atoms with Crippen molar-refractivity contribution in [3.05, 3.63) is 57.3 Å². The molecule has 2 rings (SSSR count). The third-order valence-corrected chi connectivity index (χ3v) is 1.55. The summed E-state index contributed by atoms with van der Waals surface area (Å²) >= 11 is 0. The van der Waals surface area contributed by atoms with Crippen molar-refractivity contribution < 1.29 is 34.1 Å². The summed E-state index contributed by atoms with van der Waals surface area (Å²) in [5.74, 6) is 0. The second kappa shape index (κ2) is 8.43. The van der Waals surface area contributed by atoms with Crippen molar-refractivity contribution in [2.45, 2.75) is 0 Å². The average Bonchev–Trinajstić information content (AvgIpc) is 2.33. The minimum Gasteiger partial charge on any atom is -1.00 e. The van der Waals surface area contributed by atoms with Gasteiger partial charge < -0.3 is 27.3 Å². The molecule has 0 radical (unpaired) electrons. The summed E-state index contributed by atoms with van der Waals surface area (Å²) in [6, 6.07) is 14.7. The third-order valence-electron chi connectivity index (χ3n) is 1.55. The van der Waals surface area contributed by atoms with Gasteiger partial charge in [0.25, 0.3) is 0 Å². The Morgan fingerprint density at radius 1 is 0.923 bits per heavy atom. The maximum atomic E-state index is 2.12. The van der Waals surface area contributed by atoms with Crippen molar-refractivity contribution in [3.63, 3.8) is 0 Å². The number of benzene rings is 1. The fourth-order valence-electron chi connectivity index (χ4n) is 1.07. The van der Waals surface area contributed by atoms with Crippen LogP contribution in [-0.2, 0) is 21.7 Å². The Bertz CT molecular complexity index is 284. The van der Waals surface area contributed by atoms with E-state index in [4.69, 9.17) is 0 Å². The average molecular weight is 229 g/mol. The fourth-order valence-corrected chi connectivity index (χ4v) is 1.07. The summed E-state index contributed by atoms with van der Waals surface area (Å²) in [5.41, 5.74) is 0. The van der Waals surface area contributed by atoms with Gasteiger partial charge in [0.2, 0.25) is 0 Å². The van der Waals surface area contributed by atoms with E-state index in [1.807, 2.05) is 0 Å². The summed E-state index contributed by atoms with van der Waals surface area (Å²) in [6.07, 6.45) is 0. The molecular formula is C11H13ClTi. The van der Waals surface area contributed by atoms with E-state index in [9.17, 15) is 0 Å². The maximum absolute atomic E-state index is 2.12. The van der Waals surface area contributed by atoms with E-state index in [0.717, 1.165) is 0 Å². The molecule has 0 aromatic heterocycles. The topological polar surface area (TPSA) is 0 Å². The van der Waals surface area contributed by atoms with Gasteiger partial charge in [-0.05, 0) is 0 Å². The van der Waals surface area contributed by atoms with E-state index in [-0.39, 0.29) is 49.0 Å². The van der Waals surface area contributed by atoms with E-state index < -0.39 is 0 Å². The van der Waals surface area contributed by atoms with E-state index >= 15 is 0 Å². The van der Waals surface area contributed by atoms with Gasteiger partial charge >= 0.3 is 21.7 Å². The number of hydrogen-bond acceptors (Lipinski definition) is 0. The number of rotatable bonds is 0.